The number of carbonyl (C=O) groups is 1. The Bertz CT molecular complexity index is 1260. The number of ether oxygens (including phenoxy) is 2. The van der Waals surface area contributed by atoms with E-state index in [-0.39, 0.29) is 33.1 Å². The minimum Gasteiger partial charge on any atom is -0.481 e. The van der Waals surface area contributed by atoms with E-state index in [0.29, 0.717) is 19.6 Å². The van der Waals surface area contributed by atoms with Crippen molar-refractivity contribution in [2.45, 2.75) is 89.6 Å². The maximum absolute atomic E-state index is 14.7. The molecule has 0 aliphatic carbocycles. The van der Waals surface area contributed by atoms with E-state index in [0.717, 1.165) is 6.20 Å². The number of amides is 1. The fourth-order valence-corrected chi connectivity index (χ4v) is 6.22. The molecule has 1 unspecified atom stereocenters. The molecule has 9 nitrogen and oxygen atoms in total. The van der Waals surface area contributed by atoms with Gasteiger partial charge < -0.3 is 18.8 Å². The van der Waals surface area contributed by atoms with Crippen LogP contribution in [0.2, 0.25) is 18.1 Å². The van der Waals surface area contributed by atoms with Crippen molar-refractivity contribution in [1.82, 2.24) is 14.6 Å². The Morgan fingerprint density at radius 2 is 1.82 bits per heavy atom. The maximum Gasteiger partial charge on any atom is 0.410 e. The number of hydrogen-bond donors (Lipinski definition) is 1. The largest absolute Gasteiger partial charge is 0.481 e. The normalized spacial score (nSPS) is 13.8. The maximum atomic E-state index is 14.7. The number of methoxy groups -OCH3 is 1. The van der Waals surface area contributed by atoms with Crippen molar-refractivity contribution in [3.05, 3.63) is 30.2 Å². The predicted octanol–water partition coefficient (Wildman–Crippen LogP) is 5.70. The minimum atomic E-state index is -4.17. The van der Waals surface area contributed by atoms with Gasteiger partial charge in [0.1, 0.15) is 5.60 Å². The molecular formula is C27H44FN3O6SSi. The van der Waals surface area contributed by atoms with E-state index in [9.17, 15) is 17.6 Å². The highest BCUT2D eigenvalue weighted by Gasteiger charge is 2.37. The molecule has 1 amide bonds. The van der Waals surface area contributed by atoms with E-state index in [1.165, 1.54) is 24.1 Å². The number of sulfonamides is 1. The third kappa shape index (κ3) is 8.85. The molecule has 0 saturated heterocycles. The minimum absolute atomic E-state index is 0.0480. The van der Waals surface area contributed by atoms with Gasteiger partial charge in [-0.3, -0.25) is 0 Å². The summed E-state index contributed by atoms with van der Waals surface area (Å²) in [6.45, 7) is 18.6. The Kier molecular flexibility index (Phi) is 10.5. The van der Waals surface area contributed by atoms with Crippen LogP contribution < -0.4 is 9.46 Å². The Morgan fingerprint density at radius 1 is 1.18 bits per heavy atom. The zero-order valence-corrected chi connectivity index (χ0v) is 26.7. The van der Waals surface area contributed by atoms with Crippen LogP contribution in [-0.2, 0) is 19.2 Å². The van der Waals surface area contributed by atoms with Gasteiger partial charge >= 0.3 is 6.09 Å². The number of pyridine rings is 1. The lowest BCUT2D eigenvalue weighted by Gasteiger charge is -2.36. The lowest BCUT2D eigenvalue weighted by atomic mass is 10.1. The second kappa shape index (κ2) is 12.5. The second-order valence-electron chi connectivity index (χ2n) is 12.2. The number of nitrogens with zero attached hydrogens (tertiary/aromatic N) is 2. The number of nitrogens with one attached hydrogen (secondary N) is 1. The SMILES string of the molecule is COc1ncc(F)c2c(S(=O)(=O)NC(C)CN(CCCO[Si](C)(C)C(C)(C)C)C(=O)OC(C)(C)C)cccc12. The first-order valence-corrected chi connectivity index (χ1v) is 17.4. The molecule has 1 N–H and O–H groups in total. The second-order valence-corrected chi connectivity index (χ2v) is 18.7. The van der Waals surface area contributed by atoms with Gasteiger partial charge in [0.05, 0.1) is 18.2 Å². The molecule has 2 aromatic rings. The summed E-state index contributed by atoms with van der Waals surface area (Å²) in [6.07, 6.45) is 0.944. The van der Waals surface area contributed by atoms with Crippen LogP contribution in [0.4, 0.5) is 9.18 Å². The summed E-state index contributed by atoms with van der Waals surface area (Å²) >= 11 is 0. The van der Waals surface area contributed by atoms with Gasteiger partial charge in [0.25, 0.3) is 0 Å². The molecule has 0 aliphatic rings. The van der Waals surface area contributed by atoms with Gasteiger partial charge in [0.2, 0.25) is 15.9 Å². The zero-order chi connectivity index (χ0) is 29.8. The summed E-state index contributed by atoms with van der Waals surface area (Å²) in [7, 11) is -4.74. The molecule has 0 radical (unpaired) electrons. The Hall–Kier alpha value is -2.28. The lowest BCUT2D eigenvalue weighted by Crippen LogP contribution is -2.46. The highest BCUT2D eigenvalue weighted by atomic mass is 32.2. The van der Waals surface area contributed by atoms with E-state index in [1.54, 1.807) is 33.8 Å². The molecule has 1 aromatic heterocycles. The van der Waals surface area contributed by atoms with Crippen LogP contribution in [0.25, 0.3) is 10.8 Å². The first-order valence-electron chi connectivity index (χ1n) is 13.0. The quantitative estimate of drug-likeness (QED) is 0.266. The van der Waals surface area contributed by atoms with E-state index < -0.39 is 41.9 Å². The van der Waals surface area contributed by atoms with E-state index in [2.05, 4.69) is 43.6 Å². The van der Waals surface area contributed by atoms with Crippen molar-refractivity contribution >= 4 is 35.2 Å². The molecule has 220 valence electrons. The van der Waals surface area contributed by atoms with Crippen molar-refractivity contribution in [2.24, 2.45) is 0 Å². The van der Waals surface area contributed by atoms with Crippen LogP contribution in [0.1, 0.15) is 54.9 Å². The molecule has 0 bridgehead atoms. The van der Waals surface area contributed by atoms with Crippen molar-refractivity contribution < 1.29 is 31.5 Å². The van der Waals surface area contributed by atoms with Crippen LogP contribution >= 0.6 is 0 Å². The topological polar surface area (TPSA) is 107 Å². The summed E-state index contributed by atoms with van der Waals surface area (Å²) < 4.78 is 61.0. The number of benzene rings is 1. The first-order chi connectivity index (χ1) is 17.8. The van der Waals surface area contributed by atoms with Crippen molar-refractivity contribution in [3.63, 3.8) is 0 Å². The summed E-state index contributed by atoms with van der Waals surface area (Å²) in [5.41, 5.74) is -0.719. The summed E-state index contributed by atoms with van der Waals surface area (Å²) in [5.74, 6) is -0.663. The fraction of sp³-hybridized carbons (Fsp3) is 0.630. The predicted molar refractivity (Wildman–Crippen MR) is 154 cm³/mol. The summed E-state index contributed by atoms with van der Waals surface area (Å²) in [4.78, 5) is 18.1. The van der Waals surface area contributed by atoms with Crippen molar-refractivity contribution in [2.75, 3.05) is 26.8 Å². The van der Waals surface area contributed by atoms with Gasteiger partial charge in [-0.2, -0.15) is 0 Å². The number of halogens is 1. The number of rotatable bonds is 11. The smallest absolute Gasteiger partial charge is 0.410 e. The molecule has 12 heteroatoms. The van der Waals surface area contributed by atoms with Gasteiger partial charge in [-0.25, -0.2) is 27.3 Å². The number of aromatic nitrogens is 1. The molecule has 1 heterocycles. The monoisotopic (exact) mass is 585 g/mol. The Balaban J connectivity index is 2.22. The Labute approximate surface area is 233 Å². The fourth-order valence-electron chi connectivity index (χ4n) is 3.67. The zero-order valence-electron chi connectivity index (χ0n) is 24.8. The van der Waals surface area contributed by atoms with Crippen molar-refractivity contribution in [1.29, 1.82) is 0 Å². The van der Waals surface area contributed by atoms with Crippen LogP contribution in [0.5, 0.6) is 5.88 Å². The standard InChI is InChI=1S/C27H44FN3O6SSi/c1-19(30-38(33,34)22-14-11-13-20-23(22)21(28)17-29-24(20)35-8)18-31(25(32)37-26(2,3)4)15-12-16-36-39(9,10)27(5,6)7/h11,13-14,17,19,30H,12,15-16,18H2,1-10H3. The number of fused-ring (bicyclic) bond motifs is 1. The molecule has 0 saturated carbocycles. The van der Waals surface area contributed by atoms with Crippen LogP contribution in [0, 0.1) is 5.82 Å². The summed E-state index contributed by atoms with van der Waals surface area (Å²) in [5, 5.41) is 0.187. The molecule has 0 fully saturated rings. The van der Waals surface area contributed by atoms with E-state index in [4.69, 9.17) is 13.9 Å². The highest BCUT2D eigenvalue weighted by Crippen LogP contribution is 2.36. The molecule has 0 spiro atoms. The third-order valence-electron chi connectivity index (χ3n) is 6.62. The van der Waals surface area contributed by atoms with Gasteiger partial charge in [0.15, 0.2) is 14.1 Å². The average molecular weight is 586 g/mol. The third-order valence-corrected chi connectivity index (χ3v) is 12.8. The van der Waals surface area contributed by atoms with Gasteiger partial charge in [-0.05, 0) is 64.4 Å². The Morgan fingerprint density at radius 3 is 2.38 bits per heavy atom. The highest BCUT2D eigenvalue weighted by molar-refractivity contribution is 7.89. The van der Waals surface area contributed by atoms with Gasteiger partial charge in [-0.15, -0.1) is 0 Å². The molecule has 1 atom stereocenters. The molecule has 2 rings (SSSR count). The van der Waals surface area contributed by atoms with Crippen LogP contribution in [-0.4, -0.2) is 71.2 Å². The number of carbonyl (C=O) groups excluding carboxylic acids is 1. The summed E-state index contributed by atoms with van der Waals surface area (Å²) in [6, 6.07) is 3.67. The van der Waals surface area contributed by atoms with E-state index >= 15 is 0 Å². The van der Waals surface area contributed by atoms with Crippen molar-refractivity contribution in [3.8, 4) is 5.88 Å². The van der Waals surface area contributed by atoms with Crippen LogP contribution in [0.15, 0.2) is 29.3 Å². The lowest BCUT2D eigenvalue weighted by molar-refractivity contribution is 0.0230. The molecule has 39 heavy (non-hydrogen) atoms. The first kappa shape index (κ1) is 32.9. The number of hydrogen-bond acceptors (Lipinski definition) is 7. The average Bonchev–Trinajstić information content (AvgIpc) is 2.78. The van der Waals surface area contributed by atoms with Crippen LogP contribution in [0.3, 0.4) is 0 Å². The molecular weight excluding hydrogens is 541 g/mol. The van der Waals surface area contributed by atoms with Gasteiger partial charge in [-0.1, -0.05) is 26.8 Å². The van der Waals surface area contributed by atoms with Gasteiger partial charge in [0, 0.05) is 36.5 Å². The van der Waals surface area contributed by atoms with E-state index in [1.807, 2.05) is 0 Å². The molecule has 0 aliphatic heterocycles. The molecule has 1 aromatic carbocycles.